The molecule has 0 fully saturated rings. The summed E-state index contributed by atoms with van der Waals surface area (Å²) in [6.45, 7) is 3.85. The maximum atomic E-state index is 11.2. The fraction of sp³-hybridized carbons (Fsp3) is 0.571. The second-order valence-corrected chi connectivity index (χ2v) is 2.46. The summed E-state index contributed by atoms with van der Waals surface area (Å²) in [5, 5.41) is 11.3. The normalized spacial score (nSPS) is 19.1. The van der Waals surface area contributed by atoms with Gasteiger partial charge in [-0.1, -0.05) is 5.16 Å². The van der Waals surface area contributed by atoms with E-state index >= 15 is 0 Å². The van der Waals surface area contributed by atoms with E-state index in [4.69, 9.17) is 9.94 Å². The molecule has 0 aromatic carbocycles. The number of amides is 1. The molecule has 0 saturated carbocycles. The second kappa shape index (κ2) is 3.88. The molecule has 1 N–H and O–H groups in total. The van der Waals surface area contributed by atoms with Crippen LogP contribution in [0.25, 0.3) is 0 Å². The third-order valence-electron chi connectivity index (χ3n) is 1.58. The average molecular weight is 185 g/mol. The summed E-state index contributed by atoms with van der Waals surface area (Å²) in [5.41, 5.74) is 0. The number of rotatable bonds is 1. The number of ether oxygens (including phenoxy) is 1. The van der Waals surface area contributed by atoms with Crippen LogP contribution in [0, 0.1) is 0 Å². The molecule has 6 heteroatoms. The van der Waals surface area contributed by atoms with Gasteiger partial charge in [-0.05, 0) is 13.8 Å². The molecule has 0 bridgehead atoms. The molecule has 0 aliphatic carbocycles. The van der Waals surface area contributed by atoms with Gasteiger partial charge in [0.25, 0.3) is 0 Å². The van der Waals surface area contributed by atoms with Gasteiger partial charge >= 0.3 is 6.09 Å². The molecular formula is C7H11N3O3. The van der Waals surface area contributed by atoms with Crippen LogP contribution in [0.15, 0.2) is 10.1 Å². The molecule has 0 unspecified atom stereocenters. The monoisotopic (exact) mass is 185 g/mol. The Kier molecular flexibility index (Phi) is 2.84. The first-order chi connectivity index (χ1) is 6.19. The Morgan fingerprint density at radius 1 is 1.85 bits per heavy atom. The lowest BCUT2D eigenvalue weighted by molar-refractivity contribution is 0.132. The van der Waals surface area contributed by atoms with E-state index in [2.05, 4.69) is 10.1 Å². The van der Waals surface area contributed by atoms with Crippen molar-refractivity contribution in [2.24, 2.45) is 10.1 Å². The molecule has 0 radical (unpaired) electrons. The van der Waals surface area contributed by atoms with Gasteiger partial charge in [0.1, 0.15) is 5.84 Å². The predicted molar refractivity (Wildman–Crippen MR) is 46.1 cm³/mol. The highest BCUT2D eigenvalue weighted by molar-refractivity contribution is 6.09. The van der Waals surface area contributed by atoms with Crippen molar-refractivity contribution in [1.82, 2.24) is 4.90 Å². The lowest BCUT2D eigenvalue weighted by Gasteiger charge is -2.13. The molecule has 6 nitrogen and oxygen atoms in total. The zero-order valence-corrected chi connectivity index (χ0v) is 7.52. The standard InChI is InChI=1S/C7H11N3O3/c1-3-13-7(11)10-4-6(9-12)8-5(10)2/h12H,3-4H2,1-2H3/b9-6+. The van der Waals surface area contributed by atoms with Crippen LogP contribution < -0.4 is 0 Å². The van der Waals surface area contributed by atoms with Crippen LogP contribution in [-0.4, -0.2) is 41.0 Å². The van der Waals surface area contributed by atoms with Crippen molar-refractivity contribution in [2.45, 2.75) is 13.8 Å². The summed E-state index contributed by atoms with van der Waals surface area (Å²) in [6.07, 6.45) is -0.470. The van der Waals surface area contributed by atoms with Crippen LogP contribution in [0.5, 0.6) is 0 Å². The van der Waals surface area contributed by atoms with Crippen molar-refractivity contribution >= 4 is 17.8 Å². The molecule has 0 aromatic rings. The zero-order chi connectivity index (χ0) is 9.84. The molecule has 0 atom stereocenters. The Labute approximate surface area is 75.5 Å². The van der Waals surface area contributed by atoms with Crippen molar-refractivity contribution in [3.8, 4) is 0 Å². The molecule has 1 aliphatic heterocycles. The van der Waals surface area contributed by atoms with E-state index in [9.17, 15) is 4.79 Å². The van der Waals surface area contributed by atoms with E-state index in [0.29, 0.717) is 12.4 Å². The van der Waals surface area contributed by atoms with E-state index < -0.39 is 6.09 Å². The summed E-state index contributed by atoms with van der Waals surface area (Å²) >= 11 is 0. The Bertz CT molecular complexity index is 272. The number of hydrogen-bond donors (Lipinski definition) is 1. The third kappa shape index (κ3) is 1.95. The van der Waals surface area contributed by atoms with Gasteiger partial charge in [0.05, 0.1) is 13.2 Å². The predicted octanol–water partition coefficient (Wildman–Crippen LogP) is 0.665. The molecule has 0 spiro atoms. The number of hydrogen-bond acceptors (Lipinski definition) is 4. The van der Waals surface area contributed by atoms with Crippen LogP contribution in [0.2, 0.25) is 0 Å². The van der Waals surface area contributed by atoms with Crippen molar-refractivity contribution in [1.29, 1.82) is 0 Å². The van der Waals surface area contributed by atoms with Crippen molar-refractivity contribution in [3.63, 3.8) is 0 Å². The van der Waals surface area contributed by atoms with Gasteiger partial charge in [-0.2, -0.15) is 0 Å². The zero-order valence-electron chi connectivity index (χ0n) is 7.52. The number of aliphatic imine (C=N–C) groups is 1. The molecule has 13 heavy (non-hydrogen) atoms. The van der Waals surface area contributed by atoms with Gasteiger partial charge in [-0.15, -0.1) is 0 Å². The minimum Gasteiger partial charge on any atom is -0.449 e. The molecule has 0 aromatic heterocycles. The highest BCUT2D eigenvalue weighted by Crippen LogP contribution is 2.05. The maximum Gasteiger partial charge on any atom is 0.415 e. The number of nitrogens with zero attached hydrogens (tertiary/aromatic N) is 3. The minimum atomic E-state index is -0.470. The van der Waals surface area contributed by atoms with E-state index in [1.807, 2.05) is 0 Å². The first-order valence-corrected chi connectivity index (χ1v) is 3.89. The first-order valence-electron chi connectivity index (χ1n) is 3.89. The lowest BCUT2D eigenvalue weighted by atomic mass is 10.5. The Hall–Kier alpha value is -1.59. The van der Waals surface area contributed by atoms with Gasteiger partial charge < -0.3 is 9.94 Å². The van der Waals surface area contributed by atoms with Crippen LogP contribution in [0.3, 0.4) is 0 Å². The summed E-state index contributed by atoms with van der Waals surface area (Å²) < 4.78 is 4.76. The van der Waals surface area contributed by atoms with E-state index in [1.165, 1.54) is 4.90 Å². The Morgan fingerprint density at radius 2 is 2.54 bits per heavy atom. The maximum absolute atomic E-state index is 11.2. The second-order valence-electron chi connectivity index (χ2n) is 2.46. The number of carbonyl (C=O) groups is 1. The van der Waals surface area contributed by atoms with Gasteiger partial charge in [0, 0.05) is 0 Å². The van der Waals surface area contributed by atoms with Crippen LogP contribution in [0.4, 0.5) is 4.79 Å². The SMILES string of the molecule is CCOC(=O)N1C/C(=N\O)N=C1C. The summed E-state index contributed by atoms with van der Waals surface area (Å²) in [4.78, 5) is 16.3. The Morgan fingerprint density at radius 3 is 3.00 bits per heavy atom. The summed E-state index contributed by atoms with van der Waals surface area (Å²) in [5.74, 6) is 0.691. The van der Waals surface area contributed by atoms with Crippen LogP contribution in [-0.2, 0) is 4.74 Å². The summed E-state index contributed by atoms with van der Waals surface area (Å²) in [7, 11) is 0. The molecule has 1 rings (SSSR count). The number of oxime groups is 1. The smallest absolute Gasteiger partial charge is 0.415 e. The molecule has 1 heterocycles. The fourth-order valence-electron chi connectivity index (χ4n) is 0.990. The Balaban J connectivity index is 2.66. The molecule has 72 valence electrons. The van der Waals surface area contributed by atoms with Crippen LogP contribution in [0.1, 0.15) is 13.8 Å². The van der Waals surface area contributed by atoms with Gasteiger partial charge in [-0.25, -0.2) is 9.79 Å². The minimum absolute atomic E-state index is 0.168. The van der Waals surface area contributed by atoms with Crippen LogP contribution >= 0.6 is 0 Å². The number of amidine groups is 2. The van der Waals surface area contributed by atoms with E-state index in [1.54, 1.807) is 13.8 Å². The molecule has 1 amide bonds. The molecular weight excluding hydrogens is 174 g/mol. The quantitative estimate of drug-likeness (QED) is 0.481. The molecule has 0 saturated heterocycles. The van der Waals surface area contributed by atoms with E-state index in [0.717, 1.165) is 0 Å². The highest BCUT2D eigenvalue weighted by Gasteiger charge is 2.25. The van der Waals surface area contributed by atoms with Crippen molar-refractivity contribution in [3.05, 3.63) is 0 Å². The first kappa shape index (κ1) is 9.50. The average Bonchev–Trinajstić information content (AvgIpc) is 2.47. The lowest BCUT2D eigenvalue weighted by Crippen LogP contribution is -2.33. The fourth-order valence-corrected chi connectivity index (χ4v) is 0.990. The van der Waals surface area contributed by atoms with Gasteiger partial charge in [-0.3, -0.25) is 4.90 Å². The van der Waals surface area contributed by atoms with Crippen molar-refractivity contribution < 1.29 is 14.7 Å². The summed E-state index contributed by atoms with van der Waals surface area (Å²) in [6, 6.07) is 0. The van der Waals surface area contributed by atoms with Gasteiger partial charge in [0.2, 0.25) is 0 Å². The topological polar surface area (TPSA) is 74.5 Å². The number of carbonyl (C=O) groups excluding carboxylic acids is 1. The highest BCUT2D eigenvalue weighted by atomic mass is 16.6. The third-order valence-corrected chi connectivity index (χ3v) is 1.58. The van der Waals surface area contributed by atoms with E-state index in [-0.39, 0.29) is 12.4 Å². The molecule has 1 aliphatic rings. The van der Waals surface area contributed by atoms with Crippen molar-refractivity contribution in [2.75, 3.05) is 13.2 Å². The largest absolute Gasteiger partial charge is 0.449 e. The van der Waals surface area contributed by atoms with Gasteiger partial charge in [0.15, 0.2) is 5.84 Å².